The summed E-state index contributed by atoms with van der Waals surface area (Å²) in [5.41, 5.74) is 2.74. The van der Waals surface area contributed by atoms with Crippen molar-refractivity contribution in [3.05, 3.63) is 112 Å². The number of pyridine rings is 1. The van der Waals surface area contributed by atoms with Crippen LogP contribution in [0.1, 0.15) is 29.1 Å². The van der Waals surface area contributed by atoms with Crippen LogP contribution in [0.15, 0.2) is 83.4 Å². The number of nitrogens with one attached hydrogen (secondary N) is 1. The number of rotatable bonds is 5. The number of hydrogen-bond donors (Lipinski definition) is 1. The normalized spacial score (nSPS) is 17.6. The van der Waals surface area contributed by atoms with Gasteiger partial charge in [-0.3, -0.25) is 15.1 Å². The van der Waals surface area contributed by atoms with Crippen LogP contribution in [-0.2, 0) is 0 Å². The molecule has 1 saturated heterocycles. The summed E-state index contributed by atoms with van der Waals surface area (Å²) in [7, 11) is 0. The smallest absolute Gasteiger partial charge is 0.269 e. The predicted molar refractivity (Wildman–Crippen MR) is 130 cm³/mol. The molecule has 2 aromatic carbocycles. The summed E-state index contributed by atoms with van der Waals surface area (Å²) in [5, 5.41) is 14.8. The van der Waals surface area contributed by atoms with E-state index in [1.54, 1.807) is 37.4 Å². The lowest BCUT2D eigenvalue weighted by atomic mass is 10.0. The number of furan rings is 1. The monoisotopic (exact) mass is 474 g/mol. The topological polar surface area (TPSA) is 84.4 Å². The second kappa shape index (κ2) is 8.68. The van der Waals surface area contributed by atoms with Gasteiger partial charge in [-0.25, -0.2) is 4.39 Å². The Kier molecular flexibility index (Phi) is 5.54. The Balaban J connectivity index is 1.57. The van der Waals surface area contributed by atoms with Crippen molar-refractivity contribution in [1.29, 1.82) is 0 Å². The number of anilines is 1. The minimum absolute atomic E-state index is 0.00828. The molecule has 1 aliphatic heterocycles. The van der Waals surface area contributed by atoms with Crippen molar-refractivity contribution in [3.63, 3.8) is 0 Å². The first-order chi connectivity index (χ1) is 16.4. The van der Waals surface area contributed by atoms with E-state index < -0.39 is 4.92 Å². The molecule has 0 unspecified atom stereocenters. The third kappa shape index (κ3) is 3.90. The van der Waals surface area contributed by atoms with Crippen molar-refractivity contribution in [2.75, 3.05) is 4.90 Å². The van der Waals surface area contributed by atoms with Crippen LogP contribution in [0.25, 0.3) is 11.3 Å². The van der Waals surface area contributed by atoms with Crippen molar-refractivity contribution < 1.29 is 13.7 Å². The van der Waals surface area contributed by atoms with Gasteiger partial charge in [-0.2, -0.15) is 0 Å². The maximum Gasteiger partial charge on any atom is 0.269 e. The van der Waals surface area contributed by atoms with Crippen LogP contribution < -0.4 is 10.2 Å². The zero-order valence-electron chi connectivity index (χ0n) is 18.0. The highest BCUT2D eigenvalue weighted by atomic mass is 32.1. The number of halogens is 1. The summed E-state index contributed by atoms with van der Waals surface area (Å²) in [5.74, 6) is 0.897. The summed E-state index contributed by atoms with van der Waals surface area (Å²) >= 11 is 5.68. The molecular formula is C25H19FN4O3S. The lowest BCUT2D eigenvalue weighted by Gasteiger charge is -2.26. The quantitative estimate of drug-likeness (QED) is 0.220. The number of aromatic nitrogens is 1. The molecule has 9 heteroatoms. The first-order valence-corrected chi connectivity index (χ1v) is 10.9. The summed E-state index contributed by atoms with van der Waals surface area (Å²) in [6.07, 6.45) is 1.71. The van der Waals surface area contributed by atoms with Gasteiger partial charge < -0.3 is 14.6 Å². The largest absolute Gasteiger partial charge is 0.459 e. The Bertz CT molecular complexity index is 1370. The van der Waals surface area contributed by atoms with Gasteiger partial charge in [0.1, 0.15) is 23.4 Å². The summed E-state index contributed by atoms with van der Waals surface area (Å²) in [4.78, 5) is 16.9. The van der Waals surface area contributed by atoms with Crippen LogP contribution in [0.2, 0.25) is 0 Å². The molecule has 1 aliphatic rings. The Morgan fingerprint density at radius 2 is 1.91 bits per heavy atom. The van der Waals surface area contributed by atoms with E-state index in [4.69, 9.17) is 16.6 Å². The van der Waals surface area contributed by atoms with Crippen molar-refractivity contribution in [3.8, 4) is 11.3 Å². The maximum absolute atomic E-state index is 14.0. The Hall–Kier alpha value is -4.11. The van der Waals surface area contributed by atoms with E-state index in [1.807, 2.05) is 35.2 Å². The second-order valence-corrected chi connectivity index (χ2v) is 8.32. The fourth-order valence-corrected chi connectivity index (χ4v) is 4.46. The molecule has 0 saturated carbocycles. The van der Waals surface area contributed by atoms with Gasteiger partial charge in [-0.05, 0) is 79.3 Å². The van der Waals surface area contributed by atoms with Gasteiger partial charge in [-0.15, -0.1) is 0 Å². The fourth-order valence-electron chi connectivity index (χ4n) is 4.11. The molecule has 5 rings (SSSR count). The number of nitrogens with zero attached hydrogens (tertiary/aromatic N) is 3. The van der Waals surface area contributed by atoms with Crippen molar-refractivity contribution in [1.82, 2.24) is 10.3 Å². The number of hydrogen-bond acceptors (Lipinski definition) is 5. The molecule has 0 bridgehead atoms. The van der Waals surface area contributed by atoms with Crippen LogP contribution in [0.5, 0.6) is 0 Å². The van der Waals surface area contributed by atoms with Crippen LogP contribution in [0.4, 0.5) is 15.8 Å². The number of benzene rings is 2. The standard InChI is InChI=1S/C25H19FN4O3S/c1-15-14-18(9-10-19(15)26)29-24(23(28-25(29)34)20-4-2-3-13-27-20)22-12-11-21(33-22)16-5-7-17(8-6-16)30(31)32/h2-14,23-24H,1H3,(H,28,34)/t23-,24-/m1/s1. The third-order valence-electron chi connectivity index (χ3n) is 5.80. The van der Waals surface area contributed by atoms with Gasteiger partial charge in [0.05, 0.1) is 16.7 Å². The fraction of sp³-hybridized carbons (Fsp3) is 0.120. The molecule has 1 fully saturated rings. The molecule has 0 radical (unpaired) electrons. The molecule has 2 aromatic heterocycles. The van der Waals surface area contributed by atoms with Gasteiger partial charge in [0.2, 0.25) is 0 Å². The van der Waals surface area contributed by atoms with E-state index in [0.717, 1.165) is 11.4 Å². The van der Waals surface area contributed by atoms with Gasteiger partial charge in [0, 0.05) is 29.6 Å². The number of aryl methyl sites for hydroxylation is 1. The van der Waals surface area contributed by atoms with Crippen LogP contribution in [-0.4, -0.2) is 15.0 Å². The van der Waals surface area contributed by atoms with Crippen LogP contribution in [0.3, 0.4) is 0 Å². The lowest BCUT2D eigenvalue weighted by Crippen LogP contribution is -2.29. The average Bonchev–Trinajstić information content (AvgIpc) is 3.46. The highest BCUT2D eigenvalue weighted by Crippen LogP contribution is 2.43. The van der Waals surface area contributed by atoms with E-state index >= 15 is 0 Å². The minimum Gasteiger partial charge on any atom is -0.459 e. The van der Waals surface area contributed by atoms with Gasteiger partial charge in [0.25, 0.3) is 5.69 Å². The van der Waals surface area contributed by atoms with Gasteiger partial charge >= 0.3 is 0 Å². The highest BCUT2D eigenvalue weighted by Gasteiger charge is 2.42. The predicted octanol–water partition coefficient (Wildman–Crippen LogP) is 5.87. The van der Waals surface area contributed by atoms with Crippen LogP contribution in [0, 0.1) is 22.9 Å². The Morgan fingerprint density at radius 1 is 1.12 bits per heavy atom. The zero-order valence-corrected chi connectivity index (χ0v) is 18.8. The summed E-state index contributed by atoms with van der Waals surface area (Å²) in [6.45, 7) is 1.70. The first kappa shape index (κ1) is 21.7. The highest BCUT2D eigenvalue weighted by molar-refractivity contribution is 7.80. The molecule has 7 nitrogen and oxygen atoms in total. The summed E-state index contributed by atoms with van der Waals surface area (Å²) in [6, 6.07) is 19.7. The third-order valence-corrected chi connectivity index (χ3v) is 6.11. The summed E-state index contributed by atoms with van der Waals surface area (Å²) < 4.78 is 20.2. The van der Waals surface area contributed by atoms with E-state index in [-0.39, 0.29) is 23.6 Å². The van der Waals surface area contributed by atoms with Gasteiger partial charge in [0.15, 0.2) is 5.11 Å². The second-order valence-electron chi connectivity index (χ2n) is 7.94. The number of thiocarbonyl (C=S) groups is 1. The number of nitro benzene ring substituents is 1. The molecule has 0 aliphatic carbocycles. The molecule has 4 aromatic rings. The van der Waals surface area contributed by atoms with Crippen LogP contribution >= 0.6 is 12.2 Å². The number of nitro groups is 1. The molecule has 3 heterocycles. The van der Waals surface area contributed by atoms with E-state index in [1.165, 1.54) is 18.2 Å². The molecular weight excluding hydrogens is 455 g/mol. The van der Waals surface area contributed by atoms with E-state index in [2.05, 4.69) is 10.3 Å². The van der Waals surface area contributed by atoms with Crippen molar-refractivity contribution in [2.24, 2.45) is 0 Å². The SMILES string of the molecule is Cc1cc(N2C(=S)N[C@H](c3ccccn3)[C@H]2c2ccc(-c3ccc([N+](=O)[O-])cc3)o2)ccc1F. The van der Waals surface area contributed by atoms with Crippen molar-refractivity contribution in [2.45, 2.75) is 19.0 Å². The average molecular weight is 475 g/mol. The molecule has 0 amide bonds. The molecule has 0 spiro atoms. The Morgan fingerprint density at radius 3 is 2.59 bits per heavy atom. The molecule has 170 valence electrons. The molecule has 1 N–H and O–H groups in total. The Labute approximate surface area is 200 Å². The van der Waals surface area contributed by atoms with E-state index in [9.17, 15) is 14.5 Å². The minimum atomic E-state index is -0.442. The first-order valence-electron chi connectivity index (χ1n) is 10.5. The van der Waals surface area contributed by atoms with E-state index in [0.29, 0.717) is 27.8 Å². The number of non-ortho nitro benzene ring substituents is 1. The zero-order chi connectivity index (χ0) is 23.8. The molecule has 34 heavy (non-hydrogen) atoms. The maximum atomic E-state index is 14.0. The molecule has 2 atom stereocenters. The lowest BCUT2D eigenvalue weighted by molar-refractivity contribution is -0.384. The van der Waals surface area contributed by atoms with Crippen molar-refractivity contribution >= 4 is 28.7 Å². The van der Waals surface area contributed by atoms with Gasteiger partial charge in [-0.1, -0.05) is 6.07 Å².